The molecule has 2 amide bonds. The normalized spacial score (nSPS) is 15.9. The summed E-state index contributed by atoms with van der Waals surface area (Å²) in [5.74, 6) is 0.794. The number of aromatic nitrogens is 1. The van der Waals surface area contributed by atoms with Gasteiger partial charge in [0.2, 0.25) is 11.8 Å². The van der Waals surface area contributed by atoms with Crippen LogP contribution in [0.1, 0.15) is 23.2 Å². The quantitative estimate of drug-likeness (QED) is 0.659. The van der Waals surface area contributed by atoms with Gasteiger partial charge in [0.25, 0.3) is 0 Å². The second kappa shape index (κ2) is 8.63. The van der Waals surface area contributed by atoms with Crippen molar-refractivity contribution < 1.29 is 18.8 Å². The van der Waals surface area contributed by atoms with E-state index in [4.69, 9.17) is 9.26 Å². The molecule has 0 saturated carbocycles. The third kappa shape index (κ3) is 4.45. The molecule has 2 aromatic carbocycles. The molecule has 4 rings (SSSR count). The topological polar surface area (TPSA) is 84.7 Å². The van der Waals surface area contributed by atoms with Crippen molar-refractivity contribution in [2.45, 2.75) is 26.8 Å². The van der Waals surface area contributed by atoms with E-state index in [1.165, 1.54) is 5.56 Å². The minimum Gasteiger partial charge on any atom is -0.497 e. The predicted molar refractivity (Wildman–Crippen MR) is 117 cm³/mol. The molecule has 1 unspecified atom stereocenters. The van der Waals surface area contributed by atoms with Gasteiger partial charge < -0.3 is 19.5 Å². The summed E-state index contributed by atoms with van der Waals surface area (Å²) in [6, 6.07) is 15.2. The standard InChI is InChI=1S/C24H25N3O4/c1-15-4-7-20(10-16(15)2)27-14-18(11-23(27)28)24(29)25-13-19-12-22(31-26-19)17-5-8-21(30-3)9-6-17/h4-10,12,18H,11,13-14H2,1-3H3,(H,25,29). The number of benzene rings is 2. The zero-order valence-electron chi connectivity index (χ0n) is 17.8. The number of methoxy groups -OCH3 is 1. The highest BCUT2D eigenvalue weighted by atomic mass is 16.5. The van der Waals surface area contributed by atoms with Crippen LogP contribution in [-0.2, 0) is 16.1 Å². The maximum atomic E-state index is 12.6. The van der Waals surface area contributed by atoms with Crippen LogP contribution >= 0.6 is 0 Å². The van der Waals surface area contributed by atoms with Gasteiger partial charge in [-0.1, -0.05) is 11.2 Å². The van der Waals surface area contributed by atoms with Gasteiger partial charge >= 0.3 is 0 Å². The van der Waals surface area contributed by atoms with Crippen molar-refractivity contribution in [3.05, 3.63) is 65.4 Å². The van der Waals surface area contributed by atoms with Crippen molar-refractivity contribution in [2.75, 3.05) is 18.6 Å². The Morgan fingerprint density at radius 2 is 1.94 bits per heavy atom. The van der Waals surface area contributed by atoms with E-state index in [2.05, 4.69) is 10.5 Å². The van der Waals surface area contributed by atoms with Crippen LogP contribution in [-0.4, -0.2) is 30.6 Å². The highest BCUT2D eigenvalue weighted by Crippen LogP contribution is 2.27. The summed E-state index contributed by atoms with van der Waals surface area (Å²) < 4.78 is 10.5. The minimum atomic E-state index is -0.387. The molecule has 1 saturated heterocycles. The molecular formula is C24H25N3O4. The van der Waals surface area contributed by atoms with Crippen LogP contribution in [0.25, 0.3) is 11.3 Å². The first-order chi connectivity index (χ1) is 14.9. The first kappa shape index (κ1) is 20.7. The highest BCUT2D eigenvalue weighted by Gasteiger charge is 2.35. The lowest BCUT2D eigenvalue weighted by Gasteiger charge is -2.18. The van der Waals surface area contributed by atoms with Gasteiger partial charge in [-0.05, 0) is 61.4 Å². The Bertz CT molecular complexity index is 1100. The Hall–Kier alpha value is -3.61. The number of amides is 2. The number of carbonyl (C=O) groups is 2. The van der Waals surface area contributed by atoms with Crippen molar-refractivity contribution >= 4 is 17.5 Å². The Morgan fingerprint density at radius 3 is 2.65 bits per heavy atom. The monoisotopic (exact) mass is 419 g/mol. The summed E-state index contributed by atoms with van der Waals surface area (Å²) in [5, 5.41) is 6.91. The zero-order chi connectivity index (χ0) is 22.0. The molecule has 1 aliphatic heterocycles. The lowest BCUT2D eigenvalue weighted by Crippen LogP contribution is -2.32. The van der Waals surface area contributed by atoms with Gasteiger partial charge in [-0.25, -0.2) is 0 Å². The summed E-state index contributed by atoms with van der Waals surface area (Å²) in [4.78, 5) is 26.8. The highest BCUT2D eigenvalue weighted by molar-refractivity contribution is 6.00. The fourth-order valence-corrected chi connectivity index (χ4v) is 3.63. The largest absolute Gasteiger partial charge is 0.497 e. The SMILES string of the molecule is COc1ccc(-c2cc(CNC(=O)C3CC(=O)N(c4ccc(C)c(C)c4)C3)no2)cc1. The summed E-state index contributed by atoms with van der Waals surface area (Å²) in [7, 11) is 1.61. The van der Waals surface area contributed by atoms with Crippen LogP contribution in [0.4, 0.5) is 5.69 Å². The number of carbonyl (C=O) groups excluding carboxylic acids is 2. The first-order valence-electron chi connectivity index (χ1n) is 10.2. The van der Waals surface area contributed by atoms with E-state index >= 15 is 0 Å². The lowest BCUT2D eigenvalue weighted by atomic mass is 10.1. The maximum absolute atomic E-state index is 12.6. The fourth-order valence-electron chi connectivity index (χ4n) is 3.63. The molecule has 1 fully saturated rings. The number of hydrogen-bond acceptors (Lipinski definition) is 5. The molecule has 7 nitrogen and oxygen atoms in total. The summed E-state index contributed by atoms with van der Waals surface area (Å²) in [5.41, 5.74) is 4.62. The van der Waals surface area contributed by atoms with Gasteiger partial charge in [0.1, 0.15) is 11.4 Å². The van der Waals surface area contributed by atoms with Crippen molar-refractivity contribution in [2.24, 2.45) is 5.92 Å². The fraction of sp³-hybridized carbons (Fsp3) is 0.292. The van der Waals surface area contributed by atoms with Crippen LogP contribution in [0, 0.1) is 19.8 Å². The Kier molecular flexibility index (Phi) is 5.75. The number of rotatable bonds is 6. The average Bonchev–Trinajstić information content (AvgIpc) is 3.41. The number of ether oxygens (including phenoxy) is 1. The van der Waals surface area contributed by atoms with Crippen molar-refractivity contribution in [3.8, 4) is 17.1 Å². The van der Waals surface area contributed by atoms with E-state index in [1.807, 2.05) is 56.3 Å². The molecule has 1 atom stereocenters. The predicted octanol–water partition coefficient (Wildman–Crippen LogP) is 3.64. The third-order valence-corrected chi connectivity index (χ3v) is 5.68. The molecule has 1 aromatic heterocycles. The number of hydrogen-bond donors (Lipinski definition) is 1. The summed E-state index contributed by atoms with van der Waals surface area (Å²) in [6.07, 6.45) is 0.203. The van der Waals surface area contributed by atoms with Crippen molar-refractivity contribution in [1.82, 2.24) is 10.5 Å². The van der Waals surface area contributed by atoms with E-state index in [1.54, 1.807) is 18.1 Å². The van der Waals surface area contributed by atoms with Crippen LogP contribution in [0.3, 0.4) is 0 Å². The molecule has 2 heterocycles. The third-order valence-electron chi connectivity index (χ3n) is 5.68. The molecule has 0 spiro atoms. The van der Waals surface area contributed by atoms with Crippen molar-refractivity contribution in [3.63, 3.8) is 0 Å². The Labute approximate surface area is 181 Å². The Morgan fingerprint density at radius 1 is 1.16 bits per heavy atom. The van der Waals surface area contributed by atoms with Gasteiger partial charge in [-0.3, -0.25) is 9.59 Å². The molecule has 7 heteroatoms. The second-order valence-corrected chi connectivity index (χ2v) is 7.80. The molecule has 1 aliphatic rings. The summed E-state index contributed by atoms with van der Waals surface area (Å²) >= 11 is 0. The molecular weight excluding hydrogens is 394 g/mol. The van der Waals surface area contributed by atoms with E-state index in [-0.39, 0.29) is 30.7 Å². The number of anilines is 1. The lowest BCUT2D eigenvalue weighted by molar-refractivity contribution is -0.126. The van der Waals surface area contributed by atoms with Crippen LogP contribution in [0.5, 0.6) is 5.75 Å². The Balaban J connectivity index is 1.35. The zero-order valence-corrected chi connectivity index (χ0v) is 17.8. The number of aryl methyl sites for hydroxylation is 2. The van der Waals surface area contributed by atoms with E-state index in [0.717, 1.165) is 22.6 Å². The van der Waals surface area contributed by atoms with Gasteiger partial charge in [0, 0.05) is 30.3 Å². The van der Waals surface area contributed by atoms with Crippen molar-refractivity contribution in [1.29, 1.82) is 0 Å². The van der Waals surface area contributed by atoms with E-state index < -0.39 is 0 Å². The van der Waals surface area contributed by atoms with Crippen LogP contribution in [0.2, 0.25) is 0 Å². The molecule has 0 radical (unpaired) electrons. The number of nitrogens with zero attached hydrogens (tertiary/aromatic N) is 2. The second-order valence-electron chi connectivity index (χ2n) is 7.80. The maximum Gasteiger partial charge on any atom is 0.227 e. The minimum absolute atomic E-state index is 0.0355. The first-order valence-corrected chi connectivity index (χ1v) is 10.2. The molecule has 31 heavy (non-hydrogen) atoms. The van der Waals surface area contributed by atoms with Crippen LogP contribution < -0.4 is 15.0 Å². The summed E-state index contributed by atoms with van der Waals surface area (Å²) in [6.45, 7) is 4.67. The van der Waals surface area contributed by atoms with Gasteiger partial charge in [-0.2, -0.15) is 0 Å². The molecule has 0 aliphatic carbocycles. The molecule has 1 N–H and O–H groups in total. The van der Waals surface area contributed by atoms with E-state index in [9.17, 15) is 9.59 Å². The number of nitrogens with one attached hydrogen (secondary N) is 1. The van der Waals surface area contributed by atoms with E-state index in [0.29, 0.717) is 18.0 Å². The average molecular weight is 419 g/mol. The molecule has 160 valence electrons. The van der Waals surface area contributed by atoms with Gasteiger partial charge in [0.05, 0.1) is 19.6 Å². The van der Waals surface area contributed by atoms with Gasteiger partial charge in [0.15, 0.2) is 5.76 Å². The van der Waals surface area contributed by atoms with Crippen LogP contribution in [0.15, 0.2) is 53.1 Å². The molecule has 3 aromatic rings. The van der Waals surface area contributed by atoms with Gasteiger partial charge in [-0.15, -0.1) is 0 Å². The smallest absolute Gasteiger partial charge is 0.227 e. The molecule has 0 bridgehead atoms.